The summed E-state index contributed by atoms with van der Waals surface area (Å²) in [7, 11) is 1.49. The van der Waals surface area contributed by atoms with E-state index >= 15 is 0 Å². The number of rotatable bonds is 57. The van der Waals surface area contributed by atoms with Crippen molar-refractivity contribution in [3.63, 3.8) is 0 Å². The van der Waals surface area contributed by atoms with E-state index in [0.29, 0.717) is 23.9 Å². The third-order valence-electron chi connectivity index (χ3n) is 13.6. The SMILES string of the molecule is CC/C=C\C/C=C\C/C=C\C/C=C\CCCCCCCCCCCCCCCCCCCCCCC(=O)OC(COC(=O)CCCCCCCCCCCCCCCCCC)COP(=O)(O)OCC[N+](C)(C)C. The van der Waals surface area contributed by atoms with E-state index in [9.17, 15) is 19.0 Å². The van der Waals surface area contributed by atoms with Gasteiger partial charge in [-0.15, -0.1) is 0 Å². The van der Waals surface area contributed by atoms with Crippen LogP contribution in [0.3, 0.4) is 0 Å². The Kier molecular flexibility index (Phi) is 53.2. The van der Waals surface area contributed by atoms with Gasteiger partial charge in [-0.05, 0) is 51.4 Å². The van der Waals surface area contributed by atoms with Crippen molar-refractivity contribution in [2.24, 2.45) is 0 Å². The monoisotopic (exact) mass is 1050 g/mol. The molecule has 0 aromatic heterocycles. The molecule has 2 unspecified atom stereocenters. The van der Waals surface area contributed by atoms with Crippen molar-refractivity contribution in [1.29, 1.82) is 0 Å². The van der Waals surface area contributed by atoms with Gasteiger partial charge in [-0.3, -0.25) is 18.6 Å². The fourth-order valence-electron chi connectivity index (χ4n) is 8.89. The molecule has 0 saturated heterocycles. The van der Waals surface area contributed by atoms with Crippen molar-refractivity contribution in [2.45, 2.75) is 296 Å². The second-order valence-electron chi connectivity index (χ2n) is 22.1. The first-order valence-electron chi connectivity index (χ1n) is 30.9. The summed E-state index contributed by atoms with van der Waals surface area (Å²) in [5.41, 5.74) is 0. The van der Waals surface area contributed by atoms with E-state index in [4.69, 9.17) is 18.5 Å². The highest BCUT2D eigenvalue weighted by Gasteiger charge is 2.27. The van der Waals surface area contributed by atoms with Crippen molar-refractivity contribution < 1.29 is 42.1 Å². The van der Waals surface area contributed by atoms with E-state index in [2.05, 4.69) is 62.5 Å². The van der Waals surface area contributed by atoms with E-state index in [1.807, 2.05) is 21.1 Å². The van der Waals surface area contributed by atoms with Crippen molar-refractivity contribution in [3.8, 4) is 0 Å². The Morgan fingerprint density at radius 1 is 0.438 bits per heavy atom. The quantitative estimate of drug-likeness (QED) is 0.0211. The van der Waals surface area contributed by atoms with Gasteiger partial charge in [-0.2, -0.15) is 0 Å². The maximum absolute atomic E-state index is 12.8. The van der Waals surface area contributed by atoms with Crippen LogP contribution in [-0.2, 0) is 32.7 Å². The minimum atomic E-state index is -4.38. The molecule has 1 N–H and O–H groups in total. The summed E-state index contributed by atoms with van der Waals surface area (Å²) in [4.78, 5) is 35.7. The lowest BCUT2D eigenvalue weighted by Crippen LogP contribution is -2.37. The third kappa shape index (κ3) is 59.1. The number of phosphoric acid groups is 1. The zero-order valence-electron chi connectivity index (χ0n) is 48.6. The predicted molar refractivity (Wildman–Crippen MR) is 312 cm³/mol. The highest BCUT2D eigenvalue weighted by atomic mass is 31.2. The molecule has 0 rings (SSSR count). The Morgan fingerprint density at radius 3 is 1.16 bits per heavy atom. The van der Waals surface area contributed by atoms with Gasteiger partial charge in [-0.25, -0.2) is 4.57 Å². The second-order valence-corrected chi connectivity index (χ2v) is 23.5. The summed E-state index contributed by atoms with van der Waals surface area (Å²) in [5.74, 6) is -0.781. The molecule has 0 bridgehead atoms. The van der Waals surface area contributed by atoms with E-state index in [-0.39, 0.29) is 25.6 Å². The van der Waals surface area contributed by atoms with Crippen molar-refractivity contribution in [2.75, 3.05) is 47.5 Å². The molecule has 9 nitrogen and oxygen atoms in total. The number of carbonyl (C=O) groups excluding carboxylic acids is 2. The molecule has 0 aromatic carbocycles. The molecular weight excluding hydrogens is 930 g/mol. The van der Waals surface area contributed by atoms with Crippen LogP contribution in [0.2, 0.25) is 0 Å². The number of likely N-dealkylation sites (N-methyl/N-ethyl adjacent to an activating group) is 1. The molecule has 0 aliphatic rings. The molecule has 0 radical (unpaired) electrons. The van der Waals surface area contributed by atoms with Gasteiger partial charge in [0.05, 0.1) is 27.7 Å². The molecule has 0 amide bonds. The van der Waals surface area contributed by atoms with Crippen LogP contribution < -0.4 is 0 Å². The fraction of sp³-hybridized carbons (Fsp3) is 0.841. The molecule has 428 valence electrons. The summed E-state index contributed by atoms with van der Waals surface area (Å²) in [6.45, 7) is 4.37. The molecule has 0 aliphatic carbocycles. The van der Waals surface area contributed by atoms with Gasteiger partial charge in [0, 0.05) is 12.8 Å². The Morgan fingerprint density at radius 2 is 0.781 bits per heavy atom. The second kappa shape index (κ2) is 54.7. The van der Waals surface area contributed by atoms with Crippen molar-refractivity contribution in [3.05, 3.63) is 48.6 Å². The first-order chi connectivity index (χ1) is 35.5. The molecule has 0 fully saturated rings. The van der Waals surface area contributed by atoms with Crippen LogP contribution in [0.4, 0.5) is 0 Å². The minimum Gasteiger partial charge on any atom is -0.462 e. The number of carbonyl (C=O) groups is 2. The molecule has 73 heavy (non-hydrogen) atoms. The topological polar surface area (TPSA) is 108 Å². The van der Waals surface area contributed by atoms with E-state index in [1.165, 1.54) is 199 Å². The van der Waals surface area contributed by atoms with Crippen LogP contribution in [0, 0.1) is 0 Å². The third-order valence-corrected chi connectivity index (χ3v) is 14.6. The molecule has 0 spiro atoms. The zero-order valence-corrected chi connectivity index (χ0v) is 49.5. The molecular formula is C63H119NO8P+. The van der Waals surface area contributed by atoms with Crippen LogP contribution in [-0.4, -0.2) is 74.9 Å². The minimum absolute atomic E-state index is 0.0343. The smallest absolute Gasteiger partial charge is 0.462 e. The summed E-state index contributed by atoms with van der Waals surface area (Å²) in [6.07, 6.45) is 69.1. The van der Waals surface area contributed by atoms with Gasteiger partial charge in [-0.1, -0.05) is 274 Å². The number of unbranched alkanes of at least 4 members (excludes halogenated alkanes) is 35. The maximum atomic E-state index is 12.8. The number of quaternary nitrogens is 1. The lowest BCUT2D eigenvalue weighted by Gasteiger charge is -2.24. The summed E-state index contributed by atoms with van der Waals surface area (Å²) in [6, 6.07) is 0. The van der Waals surface area contributed by atoms with E-state index in [1.54, 1.807) is 0 Å². The fourth-order valence-corrected chi connectivity index (χ4v) is 9.63. The van der Waals surface area contributed by atoms with Crippen molar-refractivity contribution in [1.82, 2.24) is 0 Å². The number of phosphoric ester groups is 1. The lowest BCUT2D eigenvalue weighted by molar-refractivity contribution is -0.870. The van der Waals surface area contributed by atoms with Crippen LogP contribution in [0.15, 0.2) is 48.6 Å². The maximum Gasteiger partial charge on any atom is 0.472 e. The van der Waals surface area contributed by atoms with E-state index in [0.717, 1.165) is 57.8 Å². The van der Waals surface area contributed by atoms with E-state index < -0.39 is 26.5 Å². The largest absolute Gasteiger partial charge is 0.472 e. The lowest BCUT2D eigenvalue weighted by atomic mass is 10.0. The first-order valence-corrected chi connectivity index (χ1v) is 32.4. The number of ether oxygens (including phenoxy) is 2. The number of esters is 2. The zero-order chi connectivity index (χ0) is 53.5. The number of hydrogen-bond donors (Lipinski definition) is 1. The Hall–Kier alpha value is -2.03. The number of nitrogens with zero attached hydrogens (tertiary/aromatic N) is 1. The Labute approximate surface area is 452 Å². The van der Waals surface area contributed by atoms with Gasteiger partial charge in [0.1, 0.15) is 19.8 Å². The molecule has 0 heterocycles. The molecule has 0 aliphatic heterocycles. The number of hydrogen-bond acceptors (Lipinski definition) is 7. The van der Waals surface area contributed by atoms with Gasteiger partial charge in [0.15, 0.2) is 6.10 Å². The molecule has 0 saturated carbocycles. The summed E-state index contributed by atoms with van der Waals surface area (Å²) < 4.78 is 34.6. The summed E-state index contributed by atoms with van der Waals surface area (Å²) in [5, 5.41) is 0. The normalized spacial score (nSPS) is 13.6. The Bertz CT molecular complexity index is 1370. The first kappa shape index (κ1) is 71.0. The molecule has 10 heteroatoms. The van der Waals surface area contributed by atoms with Gasteiger partial charge < -0.3 is 18.9 Å². The average molecular weight is 1050 g/mol. The molecule has 0 aromatic rings. The van der Waals surface area contributed by atoms with Crippen LogP contribution >= 0.6 is 7.82 Å². The molecule has 2 atom stereocenters. The highest BCUT2D eigenvalue weighted by molar-refractivity contribution is 7.47. The highest BCUT2D eigenvalue weighted by Crippen LogP contribution is 2.43. The van der Waals surface area contributed by atoms with Crippen molar-refractivity contribution >= 4 is 19.8 Å². The predicted octanol–water partition coefficient (Wildman–Crippen LogP) is 19.3. The van der Waals surface area contributed by atoms with Gasteiger partial charge in [0.2, 0.25) is 0 Å². The average Bonchev–Trinajstić information content (AvgIpc) is 3.35. The van der Waals surface area contributed by atoms with Crippen LogP contribution in [0.1, 0.15) is 290 Å². The van der Waals surface area contributed by atoms with Crippen LogP contribution in [0.25, 0.3) is 0 Å². The Balaban J connectivity index is 4.00. The van der Waals surface area contributed by atoms with Gasteiger partial charge >= 0.3 is 19.8 Å². The number of allylic oxidation sites excluding steroid dienone is 8. The standard InChI is InChI=1S/C63H118NO8P/c1-6-8-10-12-14-16-18-20-22-24-25-26-27-28-29-30-31-32-33-34-35-36-37-38-39-40-42-44-46-48-50-52-54-56-63(66)72-61(60-71-73(67,68)70-58-57-64(3,4)5)59-69-62(65)55-53-51-49-47-45-43-41-23-21-19-17-15-13-11-9-7-2/h8,10,14,16,20,22,25-26,61H,6-7,9,11-13,15,17-19,21,23-24,27-60H2,1-5H3/p+1/b10-8-,16-14-,22-20-,26-25-. The van der Waals surface area contributed by atoms with Crippen LogP contribution in [0.5, 0.6) is 0 Å². The van der Waals surface area contributed by atoms with Gasteiger partial charge in [0.25, 0.3) is 0 Å². The summed E-state index contributed by atoms with van der Waals surface area (Å²) >= 11 is 0.